The van der Waals surface area contributed by atoms with Crippen molar-refractivity contribution >= 4 is 0 Å². The molecule has 0 saturated heterocycles. The van der Waals surface area contributed by atoms with Gasteiger partial charge in [0.1, 0.15) is 0 Å². The van der Waals surface area contributed by atoms with E-state index in [0.29, 0.717) is 13.1 Å². The Kier molecular flexibility index (Phi) is 140. The van der Waals surface area contributed by atoms with Crippen molar-refractivity contribution in [2.24, 2.45) is 11.5 Å². The third-order valence-corrected chi connectivity index (χ3v) is 0.167. The monoisotopic (exact) mass is 98.1 g/mol. The van der Waals surface area contributed by atoms with Crippen molar-refractivity contribution in [3.63, 3.8) is 0 Å². The summed E-state index contributed by atoms with van der Waals surface area (Å²) in [5, 5.41) is 0. The molecule has 0 aromatic heterocycles. The van der Waals surface area contributed by atoms with E-state index in [4.69, 9.17) is 24.3 Å². The van der Waals surface area contributed by atoms with Crippen LogP contribution < -0.4 is 49.2 Å². The molecule has 0 aromatic rings. The molecule has 0 rings (SSSR count). The van der Waals surface area contributed by atoms with Crippen LogP contribution in [0.25, 0.3) is 0 Å². The molecule has 36 valence electrons. The quantitative estimate of drug-likeness (QED) is 0.194. The van der Waals surface area contributed by atoms with Crippen molar-refractivity contribution in [1.82, 2.24) is 0 Å². The van der Waals surface area contributed by atoms with Gasteiger partial charge in [-0.15, -0.1) is 0 Å². The van der Waals surface area contributed by atoms with Gasteiger partial charge in [-0.05, 0) is 0 Å². The first-order valence-corrected chi connectivity index (χ1v) is 1.57. The summed E-state index contributed by atoms with van der Waals surface area (Å²) in [6.07, 6.45) is 10.0. The first-order chi connectivity index (χ1) is 2.91. The van der Waals surface area contributed by atoms with Crippen molar-refractivity contribution in [3.05, 3.63) is 12.8 Å². The molecule has 0 aromatic carbocycles. The van der Waals surface area contributed by atoms with Crippen molar-refractivity contribution in [2.75, 3.05) is 13.1 Å². The molecule has 4 heteroatoms. The summed E-state index contributed by atoms with van der Waals surface area (Å²) in [6.45, 7) is 1.19. The Morgan fingerprint density at radius 1 is 0.875 bits per heavy atom. The number of hydrogen-bond acceptors (Lipinski definition) is 2. The molecule has 0 radical (unpaired) electrons. The summed E-state index contributed by atoms with van der Waals surface area (Å²) in [5.41, 5.74) is 9.81. The van der Waals surface area contributed by atoms with Gasteiger partial charge in [-0.3, -0.25) is 0 Å². The van der Waals surface area contributed by atoms with Crippen LogP contribution in [0, 0.1) is 12.8 Å². The van der Waals surface area contributed by atoms with E-state index < -0.39 is 0 Å². The van der Waals surface area contributed by atoms with E-state index in [9.17, 15) is 0 Å². The Hall–Kier alpha value is 0.675. The first kappa shape index (κ1) is 23.4. The zero-order valence-electron chi connectivity index (χ0n) is 5.57. The summed E-state index contributed by atoms with van der Waals surface area (Å²) in [5.74, 6) is 0. The first-order valence-electron chi connectivity index (χ1n) is 1.57. The average molecular weight is 98.0 g/mol. The molecule has 0 heterocycles. The average Bonchev–Trinajstić information content (AvgIpc) is 1.72. The maximum Gasteiger partial charge on any atom is 1.00 e. The van der Waals surface area contributed by atoms with Crippen molar-refractivity contribution in [2.45, 2.75) is 0 Å². The SMILES string of the molecule is NCCN.[C-]#[C-].[Li+].[Li+]. The van der Waals surface area contributed by atoms with Gasteiger partial charge in [0, 0.05) is 13.1 Å². The molecule has 2 nitrogen and oxygen atoms in total. The molecule has 0 bridgehead atoms. The molecule has 0 aliphatic heterocycles. The Morgan fingerprint density at radius 3 is 1.00 bits per heavy atom. The zero-order chi connectivity index (χ0) is 5.41. The van der Waals surface area contributed by atoms with Crippen LogP contribution in [-0.2, 0) is 0 Å². The standard InChI is InChI=1S/C2H8N2.C2.2Li/c3-1-2-4;1-2;;/h1-4H2;;;/q;-2;2*+1. The Bertz CT molecular complexity index is 28.5. The van der Waals surface area contributed by atoms with E-state index in [1.165, 1.54) is 0 Å². The fourth-order valence-corrected chi connectivity index (χ4v) is 0. The molecular weight excluding hydrogens is 89.9 g/mol. The van der Waals surface area contributed by atoms with Crippen LogP contribution in [0.5, 0.6) is 0 Å². The maximum atomic E-state index is 5.00. The van der Waals surface area contributed by atoms with Gasteiger partial charge in [-0.1, -0.05) is 0 Å². The molecule has 0 amide bonds. The number of hydrogen-bond donors (Lipinski definition) is 2. The Balaban J connectivity index is -0.0000000183. The predicted octanol–water partition coefficient (Wildman–Crippen LogP) is -6.93. The minimum atomic E-state index is 0. The van der Waals surface area contributed by atoms with E-state index >= 15 is 0 Å². The van der Waals surface area contributed by atoms with Gasteiger partial charge in [0.25, 0.3) is 0 Å². The van der Waals surface area contributed by atoms with Crippen molar-refractivity contribution < 1.29 is 37.7 Å². The van der Waals surface area contributed by atoms with E-state index in [2.05, 4.69) is 0 Å². The summed E-state index contributed by atoms with van der Waals surface area (Å²) >= 11 is 0. The van der Waals surface area contributed by atoms with E-state index in [-0.39, 0.29) is 37.7 Å². The van der Waals surface area contributed by atoms with Crippen LogP contribution in [0.4, 0.5) is 0 Å². The zero-order valence-corrected chi connectivity index (χ0v) is 5.57. The topological polar surface area (TPSA) is 52.0 Å². The van der Waals surface area contributed by atoms with Gasteiger partial charge in [0.05, 0.1) is 0 Å². The summed E-state index contributed by atoms with van der Waals surface area (Å²) in [6, 6.07) is 0. The summed E-state index contributed by atoms with van der Waals surface area (Å²) < 4.78 is 0. The minimum absolute atomic E-state index is 0. The van der Waals surface area contributed by atoms with Gasteiger partial charge in [-0.2, -0.15) is 0 Å². The van der Waals surface area contributed by atoms with Crippen LogP contribution in [-0.4, -0.2) is 13.1 Å². The van der Waals surface area contributed by atoms with Crippen LogP contribution in [0.1, 0.15) is 0 Å². The normalized spacial score (nSPS) is 4.00. The summed E-state index contributed by atoms with van der Waals surface area (Å²) in [7, 11) is 0. The second-order valence-electron chi connectivity index (χ2n) is 0.577. The fraction of sp³-hybridized carbons (Fsp3) is 0.500. The smallest absolute Gasteiger partial charge is 1.00 e. The molecule has 0 spiro atoms. The van der Waals surface area contributed by atoms with E-state index in [1.54, 1.807) is 0 Å². The van der Waals surface area contributed by atoms with E-state index in [0.717, 1.165) is 0 Å². The third kappa shape index (κ3) is 76.6. The van der Waals surface area contributed by atoms with Crippen molar-refractivity contribution in [3.8, 4) is 0 Å². The molecule has 0 saturated carbocycles. The second-order valence-corrected chi connectivity index (χ2v) is 0.577. The Morgan fingerprint density at radius 2 is 1.00 bits per heavy atom. The predicted molar refractivity (Wildman–Crippen MR) is 24.6 cm³/mol. The molecule has 0 atom stereocenters. The molecular formula is C4H8Li2N2. The van der Waals surface area contributed by atoms with E-state index in [1.807, 2.05) is 0 Å². The van der Waals surface area contributed by atoms with Crippen LogP contribution >= 0.6 is 0 Å². The number of rotatable bonds is 1. The molecule has 4 N–H and O–H groups in total. The van der Waals surface area contributed by atoms with Gasteiger partial charge >= 0.3 is 37.7 Å². The van der Waals surface area contributed by atoms with Gasteiger partial charge < -0.3 is 24.3 Å². The largest absolute Gasteiger partial charge is 1.00 e. The van der Waals surface area contributed by atoms with Crippen LogP contribution in [0.15, 0.2) is 0 Å². The minimum Gasteiger partial charge on any atom is -1.00 e. The summed E-state index contributed by atoms with van der Waals surface area (Å²) in [4.78, 5) is 0. The van der Waals surface area contributed by atoms with Gasteiger partial charge in [0.15, 0.2) is 0 Å². The molecule has 0 fully saturated rings. The maximum absolute atomic E-state index is 5.00. The molecule has 0 aliphatic rings. The molecule has 0 aliphatic carbocycles. The Labute approximate surface area is 75.1 Å². The molecule has 8 heavy (non-hydrogen) atoms. The van der Waals surface area contributed by atoms with Crippen molar-refractivity contribution in [1.29, 1.82) is 0 Å². The van der Waals surface area contributed by atoms with Gasteiger partial charge in [0.2, 0.25) is 0 Å². The molecule has 0 unspecified atom stereocenters. The fourth-order valence-electron chi connectivity index (χ4n) is 0. The third-order valence-electron chi connectivity index (χ3n) is 0.167. The second kappa shape index (κ2) is 47.8. The number of nitrogens with two attached hydrogens (primary N) is 2. The van der Waals surface area contributed by atoms with Crippen LogP contribution in [0.3, 0.4) is 0 Å². The van der Waals surface area contributed by atoms with Crippen LogP contribution in [0.2, 0.25) is 0 Å². The van der Waals surface area contributed by atoms with Gasteiger partial charge in [-0.25, -0.2) is 0 Å².